The molecule has 0 aliphatic rings. The first-order valence-electron chi connectivity index (χ1n) is 8.71. The maximum absolute atomic E-state index is 11.5. The number of aryl methyl sites for hydroxylation is 1. The first kappa shape index (κ1) is 19.1. The zero-order chi connectivity index (χ0) is 19.9. The summed E-state index contributed by atoms with van der Waals surface area (Å²) in [5.74, 6) is 0. The number of hydrogen-bond donors (Lipinski definition) is 1. The highest BCUT2D eigenvalue weighted by Gasteiger charge is 2.17. The molecule has 0 radical (unpaired) electrons. The van der Waals surface area contributed by atoms with Crippen molar-refractivity contribution in [2.24, 2.45) is 0 Å². The van der Waals surface area contributed by atoms with Gasteiger partial charge in [-0.1, -0.05) is 66.2 Å². The average molecular weight is 500 g/mol. The Balaban J connectivity index is 0.000000203. The molecule has 3 nitrogen and oxygen atoms in total. The summed E-state index contributed by atoms with van der Waals surface area (Å²) in [7, 11) is -4.23. The van der Waals surface area contributed by atoms with Crippen molar-refractivity contribution in [3.63, 3.8) is 0 Å². The fourth-order valence-electron chi connectivity index (χ4n) is 3.47. The van der Waals surface area contributed by atoms with Gasteiger partial charge in [-0.2, -0.15) is 8.42 Å². The van der Waals surface area contributed by atoms with Crippen LogP contribution in [0, 0.1) is 10.5 Å². The Labute approximate surface area is 177 Å². The Hall–Kier alpha value is -2.22. The molecule has 0 bridgehead atoms. The molecule has 0 aromatic heterocycles. The van der Waals surface area contributed by atoms with E-state index in [1.807, 2.05) is 36.4 Å². The minimum absolute atomic E-state index is 0.0387. The van der Waals surface area contributed by atoms with Crippen LogP contribution in [-0.4, -0.2) is 13.0 Å². The van der Waals surface area contributed by atoms with Crippen LogP contribution >= 0.6 is 22.6 Å². The normalized spacial score (nSPS) is 11.7. The molecule has 140 valence electrons. The van der Waals surface area contributed by atoms with Gasteiger partial charge in [0, 0.05) is 8.96 Å². The maximum Gasteiger partial charge on any atom is 0.295 e. The fourth-order valence-corrected chi connectivity index (χ4v) is 4.51. The van der Waals surface area contributed by atoms with Gasteiger partial charge in [0.15, 0.2) is 0 Å². The van der Waals surface area contributed by atoms with E-state index in [0.717, 1.165) is 26.9 Å². The van der Waals surface area contributed by atoms with Crippen molar-refractivity contribution in [2.45, 2.75) is 11.8 Å². The summed E-state index contributed by atoms with van der Waals surface area (Å²) in [5, 5.41) is 5.58. The van der Waals surface area contributed by atoms with Crippen molar-refractivity contribution in [1.82, 2.24) is 0 Å². The van der Waals surface area contributed by atoms with Crippen LogP contribution in [-0.2, 0) is 10.1 Å². The van der Waals surface area contributed by atoms with Gasteiger partial charge in [0.05, 0.1) is 0 Å². The first-order valence-corrected chi connectivity index (χ1v) is 11.2. The zero-order valence-electron chi connectivity index (χ0n) is 15.1. The quantitative estimate of drug-likeness (QED) is 0.164. The standard InChI is InChI=1S/C16H10O3S.C7H7I/c17-20(18,19)14-9-7-12-5-4-10-2-1-3-11-6-8-13(14)16(12)15(10)11;1-6-2-4-7(8)5-3-6/h1-9H,(H,17,18,19);2-5H,1H3. The summed E-state index contributed by atoms with van der Waals surface area (Å²) in [6.45, 7) is 2.09. The Morgan fingerprint density at radius 3 is 1.82 bits per heavy atom. The highest BCUT2D eigenvalue weighted by atomic mass is 127. The van der Waals surface area contributed by atoms with E-state index in [9.17, 15) is 13.0 Å². The summed E-state index contributed by atoms with van der Waals surface area (Å²) in [4.78, 5) is -0.0387. The van der Waals surface area contributed by atoms with Crippen molar-refractivity contribution in [3.8, 4) is 0 Å². The molecule has 0 saturated heterocycles. The lowest BCUT2D eigenvalue weighted by Crippen LogP contribution is -1.99. The van der Waals surface area contributed by atoms with Gasteiger partial charge in [0.25, 0.3) is 10.1 Å². The van der Waals surface area contributed by atoms with Gasteiger partial charge in [0.2, 0.25) is 0 Å². The highest BCUT2D eigenvalue weighted by Crippen LogP contribution is 2.36. The van der Waals surface area contributed by atoms with Gasteiger partial charge in [-0.3, -0.25) is 4.55 Å². The highest BCUT2D eigenvalue weighted by molar-refractivity contribution is 14.1. The molecule has 0 amide bonds. The number of rotatable bonds is 1. The molecule has 5 rings (SSSR count). The molecule has 5 aromatic rings. The lowest BCUT2D eigenvalue weighted by atomic mass is 9.94. The maximum atomic E-state index is 11.5. The van der Waals surface area contributed by atoms with Gasteiger partial charge >= 0.3 is 0 Å². The molecule has 0 saturated carbocycles. The average Bonchev–Trinajstić information content (AvgIpc) is 2.68. The zero-order valence-corrected chi connectivity index (χ0v) is 18.0. The molecule has 0 aliphatic heterocycles. The molecule has 5 heteroatoms. The van der Waals surface area contributed by atoms with E-state index >= 15 is 0 Å². The number of halogens is 1. The lowest BCUT2D eigenvalue weighted by molar-refractivity contribution is 0.484. The molecule has 0 heterocycles. The third kappa shape index (κ3) is 3.57. The second-order valence-corrected chi connectivity index (χ2v) is 9.33. The SMILES string of the molecule is Cc1ccc(I)cc1.O=S(=O)(O)c1ccc2ccc3cccc4ccc1c2c34. The number of benzene rings is 5. The second-order valence-electron chi connectivity index (χ2n) is 6.69. The van der Waals surface area contributed by atoms with E-state index in [1.54, 1.807) is 12.1 Å². The summed E-state index contributed by atoms with van der Waals surface area (Å²) in [6, 6.07) is 25.2. The third-order valence-corrected chi connectivity index (χ3v) is 6.41. The van der Waals surface area contributed by atoms with Crippen molar-refractivity contribution in [1.29, 1.82) is 0 Å². The van der Waals surface area contributed by atoms with Crippen molar-refractivity contribution < 1.29 is 13.0 Å². The van der Waals surface area contributed by atoms with Gasteiger partial charge in [-0.15, -0.1) is 0 Å². The van der Waals surface area contributed by atoms with E-state index in [4.69, 9.17) is 0 Å². The molecule has 5 aromatic carbocycles. The summed E-state index contributed by atoms with van der Waals surface area (Å²) < 4.78 is 33.8. The second kappa shape index (κ2) is 7.31. The molecular weight excluding hydrogens is 483 g/mol. The molecular formula is C23H17IO3S. The van der Waals surface area contributed by atoms with E-state index < -0.39 is 10.1 Å². The lowest BCUT2D eigenvalue weighted by Gasteiger charge is -2.12. The Morgan fingerprint density at radius 2 is 1.25 bits per heavy atom. The molecule has 28 heavy (non-hydrogen) atoms. The van der Waals surface area contributed by atoms with Gasteiger partial charge < -0.3 is 0 Å². The van der Waals surface area contributed by atoms with Crippen molar-refractivity contribution in [3.05, 3.63) is 88.0 Å². The van der Waals surface area contributed by atoms with E-state index in [1.165, 1.54) is 15.2 Å². The van der Waals surface area contributed by atoms with Crippen LogP contribution in [0.1, 0.15) is 5.56 Å². The predicted molar refractivity (Wildman–Crippen MR) is 124 cm³/mol. The molecule has 0 atom stereocenters. The van der Waals surface area contributed by atoms with Gasteiger partial charge in [-0.25, -0.2) is 0 Å². The van der Waals surface area contributed by atoms with E-state index in [2.05, 4.69) is 53.8 Å². The van der Waals surface area contributed by atoms with E-state index in [0.29, 0.717) is 5.39 Å². The van der Waals surface area contributed by atoms with Crippen LogP contribution < -0.4 is 0 Å². The molecule has 1 N–H and O–H groups in total. The van der Waals surface area contributed by atoms with Gasteiger partial charge in [0.1, 0.15) is 4.90 Å². The van der Waals surface area contributed by atoms with Crippen molar-refractivity contribution in [2.75, 3.05) is 0 Å². The summed E-state index contributed by atoms with van der Waals surface area (Å²) in [6.07, 6.45) is 0. The minimum atomic E-state index is -4.23. The van der Waals surface area contributed by atoms with E-state index in [-0.39, 0.29) is 4.90 Å². The summed E-state index contributed by atoms with van der Waals surface area (Å²) in [5.41, 5.74) is 1.32. The molecule has 0 fully saturated rings. The van der Waals surface area contributed by atoms with Crippen LogP contribution in [0.5, 0.6) is 0 Å². The van der Waals surface area contributed by atoms with Crippen LogP contribution in [0.2, 0.25) is 0 Å². The third-order valence-electron chi connectivity index (χ3n) is 4.78. The molecule has 0 aliphatic carbocycles. The Bertz CT molecular complexity index is 1350. The Morgan fingerprint density at radius 1 is 0.714 bits per heavy atom. The van der Waals surface area contributed by atoms with Crippen LogP contribution in [0.15, 0.2) is 83.8 Å². The first-order chi connectivity index (χ1) is 13.3. The molecule has 0 unspecified atom stereocenters. The fraction of sp³-hybridized carbons (Fsp3) is 0.0435. The topological polar surface area (TPSA) is 54.4 Å². The summed E-state index contributed by atoms with van der Waals surface area (Å²) >= 11 is 2.30. The monoisotopic (exact) mass is 500 g/mol. The van der Waals surface area contributed by atoms with Crippen LogP contribution in [0.4, 0.5) is 0 Å². The number of hydrogen-bond acceptors (Lipinski definition) is 2. The molecule has 0 spiro atoms. The predicted octanol–water partition coefficient (Wildman–Crippen LogP) is 6.43. The van der Waals surface area contributed by atoms with Crippen molar-refractivity contribution >= 4 is 65.0 Å². The van der Waals surface area contributed by atoms with Crippen LogP contribution in [0.3, 0.4) is 0 Å². The smallest absolute Gasteiger partial charge is 0.282 e. The van der Waals surface area contributed by atoms with Gasteiger partial charge in [-0.05, 0) is 74.6 Å². The Kier molecular flexibility index (Phi) is 4.99. The minimum Gasteiger partial charge on any atom is -0.282 e. The van der Waals surface area contributed by atoms with Crippen LogP contribution in [0.25, 0.3) is 32.3 Å². The largest absolute Gasteiger partial charge is 0.295 e.